The summed E-state index contributed by atoms with van der Waals surface area (Å²) in [5.74, 6) is 0.785. The van der Waals surface area contributed by atoms with Gasteiger partial charge in [0.05, 0.1) is 6.54 Å². The number of aliphatic hydroxyl groups excluding tert-OH is 1. The molecule has 1 fully saturated rings. The van der Waals surface area contributed by atoms with Crippen LogP contribution in [-0.4, -0.2) is 59.1 Å². The van der Waals surface area contributed by atoms with Crippen LogP contribution in [0.2, 0.25) is 0 Å². The number of nitrogens with zero attached hydrogens (tertiary/aromatic N) is 2. The summed E-state index contributed by atoms with van der Waals surface area (Å²) in [6, 6.07) is 0.510. The van der Waals surface area contributed by atoms with Crippen LogP contribution >= 0.6 is 0 Å². The van der Waals surface area contributed by atoms with E-state index < -0.39 is 0 Å². The van der Waals surface area contributed by atoms with Crippen molar-refractivity contribution in [3.8, 4) is 0 Å². The Labute approximate surface area is 117 Å². The first kappa shape index (κ1) is 16.4. The van der Waals surface area contributed by atoms with E-state index in [1.807, 2.05) is 4.90 Å². The molecule has 0 spiro atoms. The zero-order valence-electron chi connectivity index (χ0n) is 12.9. The quantitative estimate of drug-likeness (QED) is 0.799. The third kappa shape index (κ3) is 5.11. The molecule has 1 rings (SSSR count). The lowest BCUT2D eigenvalue weighted by atomic mass is 9.95. The molecule has 19 heavy (non-hydrogen) atoms. The number of piperidine rings is 1. The molecule has 1 N–H and O–H groups in total. The molecule has 0 radical (unpaired) electrons. The minimum absolute atomic E-state index is 0.231. The lowest BCUT2D eigenvalue weighted by molar-refractivity contribution is -0.136. The van der Waals surface area contributed by atoms with Gasteiger partial charge in [-0.1, -0.05) is 0 Å². The van der Waals surface area contributed by atoms with Gasteiger partial charge in [0, 0.05) is 25.2 Å². The van der Waals surface area contributed by atoms with E-state index in [0.29, 0.717) is 12.5 Å². The molecule has 1 amide bonds. The molecule has 1 aliphatic heterocycles. The van der Waals surface area contributed by atoms with Crippen molar-refractivity contribution in [2.45, 2.75) is 59.0 Å². The van der Waals surface area contributed by atoms with Crippen molar-refractivity contribution in [2.24, 2.45) is 5.92 Å². The Balaban J connectivity index is 2.50. The Morgan fingerprint density at radius 1 is 1.32 bits per heavy atom. The van der Waals surface area contributed by atoms with E-state index in [1.165, 1.54) is 6.42 Å². The van der Waals surface area contributed by atoms with E-state index in [1.54, 1.807) is 0 Å². The number of amides is 1. The predicted molar refractivity (Wildman–Crippen MR) is 78.0 cm³/mol. The number of carbonyl (C=O) groups excluding carboxylic acids is 1. The summed E-state index contributed by atoms with van der Waals surface area (Å²) in [5, 5.41) is 9.03. The molecule has 112 valence electrons. The Bertz CT molecular complexity index is 269. The van der Waals surface area contributed by atoms with E-state index in [4.69, 9.17) is 5.11 Å². The van der Waals surface area contributed by atoms with Crippen molar-refractivity contribution in [1.82, 2.24) is 9.80 Å². The molecular formula is C15H30N2O2. The van der Waals surface area contributed by atoms with E-state index in [-0.39, 0.29) is 24.6 Å². The highest BCUT2D eigenvalue weighted by Gasteiger charge is 2.25. The second kappa shape index (κ2) is 7.85. The van der Waals surface area contributed by atoms with Crippen molar-refractivity contribution < 1.29 is 9.90 Å². The predicted octanol–water partition coefficient (Wildman–Crippen LogP) is 1.73. The molecule has 0 aliphatic carbocycles. The molecule has 1 aliphatic rings. The standard InChI is InChI=1S/C15H30N2O2/c1-12(2)17(13(3)4)15(19)11-16-8-5-6-14(10-16)7-9-18/h12-14,18H,5-11H2,1-4H3. The molecule has 1 unspecified atom stereocenters. The van der Waals surface area contributed by atoms with Gasteiger partial charge in [0.25, 0.3) is 0 Å². The van der Waals surface area contributed by atoms with Crippen LogP contribution in [0.5, 0.6) is 0 Å². The van der Waals surface area contributed by atoms with Crippen LogP contribution in [0.1, 0.15) is 47.0 Å². The van der Waals surface area contributed by atoms with E-state index in [0.717, 1.165) is 25.9 Å². The molecule has 0 aromatic rings. The molecule has 1 atom stereocenters. The maximum atomic E-state index is 12.4. The Hall–Kier alpha value is -0.610. The fourth-order valence-corrected chi connectivity index (χ4v) is 3.16. The van der Waals surface area contributed by atoms with Gasteiger partial charge in [-0.2, -0.15) is 0 Å². The molecule has 0 aromatic heterocycles. The van der Waals surface area contributed by atoms with Crippen LogP contribution < -0.4 is 0 Å². The van der Waals surface area contributed by atoms with Crippen molar-refractivity contribution in [2.75, 3.05) is 26.2 Å². The summed E-state index contributed by atoms with van der Waals surface area (Å²) in [6.45, 7) is 11.0. The molecule has 0 aromatic carbocycles. The summed E-state index contributed by atoms with van der Waals surface area (Å²) in [5.41, 5.74) is 0. The van der Waals surface area contributed by atoms with Gasteiger partial charge < -0.3 is 10.0 Å². The van der Waals surface area contributed by atoms with Gasteiger partial charge >= 0.3 is 0 Å². The average molecular weight is 270 g/mol. The minimum atomic E-state index is 0.231. The van der Waals surface area contributed by atoms with E-state index >= 15 is 0 Å². The number of rotatable bonds is 6. The zero-order chi connectivity index (χ0) is 14.4. The normalized spacial score (nSPS) is 21.1. The van der Waals surface area contributed by atoms with Gasteiger partial charge in [0.15, 0.2) is 0 Å². The van der Waals surface area contributed by atoms with Gasteiger partial charge in [-0.05, 0) is 59.4 Å². The monoisotopic (exact) mass is 270 g/mol. The highest BCUT2D eigenvalue weighted by atomic mass is 16.3. The second-order valence-electron chi connectivity index (χ2n) is 6.24. The third-order valence-electron chi connectivity index (χ3n) is 3.90. The maximum absolute atomic E-state index is 12.4. The van der Waals surface area contributed by atoms with Crippen LogP contribution in [0.3, 0.4) is 0 Å². The second-order valence-corrected chi connectivity index (χ2v) is 6.24. The number of aliphatic hydroxyl groups is 1. The minimum Gasteiger partial charge on any atom is -0.396 e. The third-order valence-corrected chi connectivity index (χ3v) is 3.90. The van der Waals surface area contributed by atoms with Crippen LogP contribution in [0.15, 0.2) is 0 Å². The SMILES string of the molecule is CC(C)N(C(=O)CN1CCCC(CCO)C1)C(C)C. The largest absolute Gasteiger partial charge is 0.396 e. The molecular weight excluding hydrogens is 240 g/mol. The summed E-state index contributed by atoms with van der Waals surface area (Å²) >= 11 is 0. The highest BCUT2D eigenvalue weighted by Crippen LogP contribution is 2.19. The number of likely N-dealkylation sites (tertiary alicyclic amines) is 1. The molecule has 4 heteroatoms. The van der Waals surface area contributed by atoms with Gasteiger partial charge in [0.2, 0.25) is 5.91 Å². The van der Waals surface area contributed by atoms with Crippen LogP contribution in [0, 0.1) is 5.92 Å². The first-order valence-electron chi connectivity index (χ1n) is 7.60. The lowest BCUT2D eigenvalue weighted by Gasteiger charge is -2.36. The smallest absolute Gasteiger partial charge is 0.237 e. The fourth-order valence-electron chi connectivity index (χ4n) is 3.16. The molecule has 1 saturated heterocycles. The average Bonchev–Trinajstić information content (AvgIpc) is 2.28. The molecule has 1 heterocycles. The molecule has 0 saturated carbocycles. The van der Waals surface area contributed by atoms with E-state index in [9.17, 15) is 4.79 Å². The zero-order valence-corrected chi connectivity index (χ0v) is 12.9. The highest BCUT2D eigenvalue weighted by molar-refractivity contribution is 5.78. The summed E-state index contributed by atoms with van der Waals surface area (Å²) in [7, 11) is 0. The Morgan fingerprint density at radius 3 is 2.47 bits per heavy atom. The van der Waals surface area contributed by atoms with Crippen molar-refractivity contribution in [3.05, 3.63) is 0 Å². The first-order valence-corrected chi connectivity index (χ1v) is 7.60. The fraction of sp³-hybridized carbons (Fsp3) is 0.933. The van der Waals surface area contributed by atoms with Gasteiger partial charge in [-0.25, -0.2) is 0 Å². The Morgan fingerprint density at radius 2 is 1.95 bits per heavy atom. The van der Waals surface area contributed by atoms with Crippen LogP contribution in [0.25, 0.3) is 0 Å². The van der Waals surface area contributed by atoms with Crippen LogP contribution in [0.4, 0.5) is 0 Å². The van der Waals surface area contributed by atoms with Crippen molar-refractivity contribution in [3.63, 3.8) is 0 Å². The number of carbonyl (C=O) groups is 1. The van der Waals surface area contributed by atoms with Crippen molar-refractivity contribution in [1.29, 1.82) is 0 Å². The Kier molecular flexibility index (Phi) is 6.80. The van der Waals surface area contributed by atoms with Crippen LogP contribution in [-0.2, 0) is 4.79 Å². The molecule has 4 nitrogen and oxygen atoms in total. The summed E-state index contributed by atoms with van der Waals surface area (Å²) in [6.07, 6.45) is 3.19. The number of hydrogen-bond acceptors (Lipinski definition) is 3. The first-order chi connectivity index (χ1) is 8.95. The topological polar surface area (TPSA) is 43.8 Å². The van der Waals surface area contributed by atoms with Gasteiger partial charge in [-0.3, -0.25) is 9.69 Å². The van der Waals surface area contributed by atoms with Crippen molar-refractivity contribution >= 4 is 5.91 Å². The van der Waals surface area contributed by atoms with Gasteiger partial charge in [0.1, 0.15) is 0 Å². The van der Waals surface area contributed by atoms with Gasteiger partial charge in [-0.15, -0.1) is 0 Å². The lowest BCUT2D eigenvalue weighted by Crippen LogP contribution is -2.49. The number of hydrogen-bond donors (Lipinski definition) is 1. The molecule has 0 bridgehead atoms. The summed E-state index contributed by atoms with van der Waals surface area (Å²) < 4.78 is 0. The van der Waals surface area contributed by atoms with E-state index in [2.05, 4.69) is 32.6 Å². The maximum Gasteiger partial charge on any atom is 0.237 e. The summed E-state index contributed by atoms with van der Waals surface area (Å²) in [4.78, 5) is 16.6.